The highest BCUT2D eigenvalue weighted by atomic mass is 16.5. The van der Waals surface area contributed by atoms with Crippen molar-refractivity contribution in [2.24, 2.45) is 7.05 Å². The van der Waals surface area contributed by atoms with Crippen LogP contribution in [-0.2, 0) is 29.4 Å². The number of pyridine rings is 1. The summed E-state index contributed by atoms with van der Waals surface area (Å²) in [7, 11) is 3.50. The van der Waals surface area contributed by atoms with Crippen molar-refractivity contribution in [2.45, 2.75) is 31.8 Å². The smallest absolute Gasteiger partial charge is 0.323 e. The lowest BCUT2D eigenvalue weighted by molar-refractivity contribution is -0.143. The van der Waals surface area contributed by atoms with E-state index in [1.165, 1.54) is 23.9 Å². The number of rotatable bonds is 3. The predicted molar refractivity (Wildman–Crippen MR) is 101 cm³/mol. The third kappa shape index (κ3) is 2.78. The molecule has 1 aliphatic rings. The Morgan fingerprint density at radius 3 is 2.85 bits per heavy atom. The van der Waals surface area contributed by atoms with Crippen LogP contribution in [0.3, 0.4) is 0 Å². The van der Waals surface area contributed by atoms with E-state index in [-0.39, 0.29) is 18.1 Å². The van der Waals surface area contributed by atoms with Gasteiger partial charge in [-0.1, -0.05) is 30.3 Å². The zero-order valence-corrected chi connectivity index (χ0v) is 15.3. The molecule has 0 radical (unpaired) electrons. The van der Waals surface area contributed by atoms with Crippen LogP contribution in [-0.4, -0.2) is 28.7 Å². The minimum atomic E-state index is -0.340. The Hall–Kier alpha value is -2.66. The Balaban J connectivity index is 1.84. The predicted octanol–water partition coefficient (Wildman–Crippen LogP) is 2.85. The molecular formula is C21H23N3O2. The normalized spacial score (nSPS) is 19.3. The first-order valence-corrected chi connectivity index (χ1v) is 8.90. The molecule has 134 valence electrons. The van der Waals surface area contributed by atoms with E-state index in [0.717, 1.165) is 23.0 Å². The SMILES string of the molecule is COC(=O)C1Cc2c(n(C)c3ncc(C)cc23)C(Cc2ccccc2)N1. The largest absolute Gasteiger partial charge is 0.468 e. The molecule has 5 heteroatoms. The van der Waals surface area contributed by atoms with Crippen LogP contribution in [0.25, 0.3) is 11.0 Å². The van der Waals surface area contributed by atoms with E-state index >= 15 is 0 Å². The lowest BCUT2D eigenvalue weighted by Crippen LogP contribution is -2.46. The average Bonchev–Trinajstić information content (AvgIpc) is 2.94. The van der Waals surface area contributed by atoms with Crippen molar-refractivity contribution in [3.05, 3.63) is 65.0 Å². The number of nitrogens with zero attached hydrogens (tertiary/aromatic N) is 2. The minimum Gasteiger partial charge on any atom is -0.468 e. The molecule has 0 bridgehead atoms. The van der Waals surface area contributed by atoms with E-state index in [0.29, 0.717) is 6.42 Å². The average molecular weight is 349 g/mol. The molecule has 1 aromatic carbocycles. The van der Waals surface area contributed by atoms with Gasteiger partial charge in [-0.25, -0.2) is 4.98 Å². The van der Waals surface area contributed by atoms with E-state index in [4.69, 9.17) is 4.74 Å². The van der Waals surface area contributed by atoms with Crippen LogP contribution in [0.2, 0.25) is 0 Å². The van der Waals surface area contributed by atoms with Crippen molar-refractivity contribution in [2.75, 3.05) is 7.11 Å². The Kier molecular flexibility index (Phi) is 4.24. The number of aromatic nitrogens is 2. The molecule has 2 unspecified atom stereocenters. The highest BCUT2D eigenvalue weighted by molar-refractivity contribution is 5.85. The van der Waals surface area contributed by atoms with E-state index in [2.05, 4.69) is 40.1 Å². The molecule has 0 amide bonds. The zero-order valence-electron chi connectivity index (χ0n) is 15.3. The summed E-state index contributed by atoms with van der Waals surface area (Å²) < 4.78 is 7.19. The lowest BCUT2D eigenvalue weighted by atomic mass is 9.90. The third-order valence-corrected chi connectivity index (χ3v) is 5.23. The van der Waals surface area contributed by atoms with Gasteiger partial charge in [-0.05, 0) is 36.1 Å². The van der Waals surface area contributed by atoms with Gasteiger partial charge in [0, 0.05) is 30.7 Å². The Bertz CT molecular complexity index is 962. The van der Waals surface area contributed by atoms with Crippen molar-refractivity contribution in [3.63, 3.8) is 0 Å². The minimum absolute atomic E-state index is 0.0322. The Labute approximate surface area is 153 Å². The molecule has 4 rings (SSSR count). The quantitative estimate of drug-likeness (QED) is 0.739. The number of esters is 1. The summed E-state index contributed by atoms with van der Waals surface area (Å²) in [5, 5.41) is 4.64. The van der Waals surface area contributed by atoms with Gasteiger partial charge in [0.25, 0.3) is 0 Å². The molecule has 0 fully saturated rings. The monoisotopic (exact) mass is 349 g/mol. The summed E-state index contributed by atoms with van der Waals surface area (Å²) >= 11 is 0. The second-order valence-electron chi connectivity index (χ2n) is 7.00. The van der Waals surface area contributed by atoms with Crippen LogP contribution >= 0.6 is 0 Å². The molecule has 2 aromatic heterocycles. The molecule has 26 heavy (non-hydrogen) atoms. The van der Waals surface area contributed by atoms with Gasteiger partial charge in [-0.2, -0.15) is 0 Å². The molecule has 3 aromatic rings. The summed E-state index contributed by atoms with van der Waals surface area (Å²) in [5.41, 5.74) is 5.73. The van der Waals surface area contributed by atoms with Gasteiger partial charge in [-0.3, -0.25) is 10.1 Å². The number of hydrogen-bond acceptors (Lipinski definition) is 4. The maximum atomic E-state index is 12.3. The second-order valence-corrected chi connectivity index (χ2v) is 7.00. The maximum Gasteiger partial charge on any atom is 0.323 e. The second kappa shape index (κ2) is 6.57. The molecule has 3 heterocycles. The number of hydrogen-bond donors (Lipinski definition) is 1. The fourth-order valence-corrected chi connectivity index (χ4v) is 4.05. The summed E-state index contributed by atoms with van der Waals surface area (Å²) in [6, 6.07) is 12.2. The van der Waals surface area contributed by atoms with Crippen LogP contribution in [0.5, 0.6) is 0 Å². The first-order chi connectivity index (χ1) is 12.6. The number of carbonyl (C=O) groups excluding carboxylic acids is 1. The summed E-state index contributed by atoms with van der Waals surface area (Å²) in [6.07, 6.45) is 3.32. The van der Waals surface area contributed by atoms with Gasteiger partial charge in [0.2, 0.25) is 0 Å². The third-order valence-electron chi connectivity index (χ3n) is 5.23. The molecule has 1 N–H and O–H groups in total. The number of carbonyl (C=O) groups is 1. The van der Waals surface area contributed by atoms with E-state index < -0.39 is 0 Å². The lowest BCUT2D eigenvalue weighted by Gasteiger charge is -2.31. The Morgan fingerprint density at radius 1 is 1.35 bits per heavy atom. The number of ether oxygens (including phenoxy) is 1. The molecule has 1 aliphatic heterocycles. The molecule has 0 aliphatic carbocycles. The van der Waals surface area contributed by atoms with Gasteiger partial charge < -0.3 is 9.30 Å². The van der Waals surface area contributed by atoms with Crippen molar-refractivity contribution in [1.82, 2.24) is 14.9 Å². The highest BCUT2D eigenvalue weighted by Crippen LogP contribution is 2.35. The van der Waals surface area contributed by atoms with Crippen molar-refractivity contribution >= 4 is 17.0 Å². The maximum absolute atomic E-state index is 12.3. The summed E-state index contributed by atoms with van der Waals surface area (Å²) in [5.74, 6) is -0.216. The number of nitrogens with one attached hydrogen (secondary N) is 1. The van der Waals surface area contributed by atoms with Crippen molar-refractivity contribution < 1.29 is 9.53 Å². The van der Waals surface area contributed by atoms with Crippen LogP contribution in [0.1, 0.15) is 28.4 Å². The Morgan fingerprint density at radius 2 is 2.12 bits per heavy atom. The summed E-state index contributed by atoms with van der Waals surface area (Å²) in [4.78, 5) is 16.9. The first kappa shape index (κ1) is 16.8. The number of fused-ring (bicyclic) bond motifs is 3. The topological polar surface area (TPSA) is 56.2 Å². The molecule has 0 spiro atoms. The first-order valence-electron chi connectivity index (χ1n) is 8.90. The van der Waals surface area contributed by atoms with Gasteiger partial charge in [0.05, 0.1) is 13.2 Å². The standard InChI is InChI=1S/C21H23N3O2/c1-13-9-16-15-11-18(21(25)26-3)23-17(10-14-7-5-4-6-8-14)19(15)24(2)20(16)22-12-13/h4-9,12,17-18,23H,10-11H2,1-3H3. The van der Waals surface area contributed by atoms with Gasteiger partial charge >= 0.3 is 5.97 Å². The molecular weight excluding hydrogens is 326 g/mol. The number of benzene rings is 1. The van der Waals surface area contributed by atoms with Gasteiger partial charge in [0.1, 0.15) is 11.7 Å². The van der Waals surface area contributed by atoms with Gasteiger partial charge in [-0.15, -0.1) is 0 Å². The fraction of sp³-hybridized carbons (Fsp3) is 0.333. The zero-order chi connectivity index (χ0) is 18.3. The van der Waals surface area contributed by atoms with E-state index in [1.807, 2.05) is 31.3 Å². The fourth-order valence-electron chi connectivity index (χ4n) is 4.05. The van der Waals surface area contributed by atoms with Crippen molar-refractivity contribution in [3.8, 4) is 0 Å². The van der Waals surface area contributed by atoms with Crippen LogP contribution < -0.4 is 5.32 Å². The van der Waals surface area contributed by atoms with E-state index in [1.54, 1.807) is 0 Å². The highest BCUT2D eigenvalue weighted by Gasteiger charge is 2.35. The van der Waals surface area contributed by atoms with Crippen LogP contribution in [0, 0.1) is 6.92 Å². The number of aryl methyl sites for hydroxylation is 2. The molecule has 0 saturated heterocycles. The van der Waals surface area contributed by atoms with Gasteiger partial charge in [0.15, 0.2) is 0 Å². The summed E-state index contributed by atoms with van der Waals surface area (Å²) in [6.45, 7) is 2.05. The van der Waals surface area contributed by atoms with E-state index in [9.17, 15) is 4.79 Å². The molecule has 0 saturated carbocycles. The number of methoxy groups -OCH3 is 1. The molecule has 5 nitrogen and oxygen atoms in total. The van der Waals surface area contributed by atoms with Crippen LogP contribution in [0.4, 0.5) is 0 Å². The van der Waals surface area contributed by atoms with Crippen LogP contribution in [0.15, 0.2) is 42.6 Å². The van der Waals surface area contributed by atoms with Crippen molar-refractivity contribution in [1.29, 1.82) is 0 Å². The molecule has 2 atom stereocenters.